The largest absolute Gasteiger partial charge is 0.542 e. The number of carboxylic acids is 1. The molecule has 0 spiro atoms. The first kappa shape index (κ1) is 31.6. The van der Waals surface area contributed by atoms with Crippen molar-refractivity contribution in [2.75, 3.05) is 20.6 Å². The molecular weight excluding hydrogens is 552 g/mol. The number of hydrogen-bond donors (Lipinski definition) is 1. The Morgan fingerprint density at radius 3 is 2.31 bits per heavy atom. The minimum atomic E-state index is -5.19. The van der Waals surface area contributed by atoms with E-state index in [4.69, 9.17) is 9.90 Å². The van der Waals surface area contributed by atoms with Crippen LogP contribution in [-0.2, 0) is 17.9 Å². The van der Waals surface area contributed by atoms with Crippen molar-refractivity contribution in [2.24, 2.45) is 0 Å². The number of fused-ring (bicyclic) bond motifs is 1. The summed E-state index contributed by atoms with van der Waals surface area (Å²) in [7, 11) is 4.23. The standard InChI is InChI=1S/C29H27FN4O.C2HF3O2/c1-4-14-34(2,3)26-11-8-21(9-12-26)19-32-29(35)28-17-24-16-25(30)10-13-27(24)33(28)20-23-7-5-6-22(15-23)18-31;3-2(4,5)1(6)7/h4-13,15-17H,1,14,19-20H2,2-3H3;(H,6,7). The van der Waals surface area contributed by atoms with Gasteiger partial charge in [-0.05, 0) is 65.7 Å². The second kappa shape index (κ2) is 13.1. The van der Waals surface area contributed by atoms with Gasteiger partial charge in [-0.2, -0.15) is 18.4 Å². The lowest BCUT2D eigenvalue weighted by Crippen LogP contribution is -2.40. The molecule has 1 heterocycles. The maximum atomic E-state index is 13.9. The van der Waals surface area contributed by atoms with Gasteiger partial charge in [-0.25, -0.2) is 4.39 Å². The van der Waals surface area contributed by atoms with Crippen LogP contribution in [0, 0.1) is 17.1 Å². The van der Waals surface area contributed by atoms with E-state index in [1.54, 1.807) is 24.3 Å². The predicted molar refractivity (Wildman–Crippen MR) is 150 cm³/mol. The highest BCUT2D eigenvalue weighted by Gasteiger charge is 2.28. The Morgan fingerprint density at radius 2 is 1.71 bits per heavy atom. The molecule has 11 heteroatoms. The number of carbonyl (C=O) groups is 2. The second-order valence-corrected chi connectivity index (χ2v) is 9.92. The number of nitriles is 1. The fourth-order valence-corrected chi connectivity index (χ4v) is 4.24. The van der Waals surface area contributed by atoms with Gasteiger partial charge in [-0.15, -0.1) is 0 Å². The molecule has 1 amide bonds. The molecule has 0 saturated carbocycles. The summed E-state index contributed by atoms with van der Waals surface area (Å²) in [5.41, 5.74) is 4.77. The third kappa shape index (κ3) is 8.05. The molecule has 1 aromatic heterocycles. The van der Waals surface area contributed by atoms with E-state index in [1.165, 1.54) is 12.1 Å². The smallest absolute Gasteiger partial charge is 0.430 e. The SMILES string of the molecule is C=CC[N+](C)(C)c1ccc(CNC(=O)c2cc3cc(F)ccc3n2Cc2cccc(C#N)c2)cc1.O=C([O-])C(F)(F)F. The third-order valence-electron chi connectivity index (χ3n) is 6.40. The highest BCUT2D eigenvalue weighted by atomic mass is 19.4. The number of likely N-dealkylation sites (N-methyl/N-ethyl adjacent to an activating group) is 1. The molecule has 4 aromatic rings. The average Bonchev–Trinajstić information content (AvgIpc) is 3.29. The number of nitrogens with zero attached hydrogens (tertiary/aromatic N) is 3. The van der Waals surface area contributed by atoms with Crippen LogP contribution in [0.5, 0.6) is 0 Å². The lowest BCUT2D eigenvalue weighted by atomic mass is 10.1. The lowest BCUT2D eigenvalue weighted by molar-refractivity contribution is -0.344. The number of alkyl halides is 3. The van der Waals surface area contributed by atoms with Crippen molar-refractivity contribution in [3.8, 4) is 6.07 Å². The van der Waals surface area contributed by atoms with Gasteiger partial charge < -0.3 is 19.8 Å². The summed E-state index contributed by atoms with van der Waals surface area (Å²) in [4.78, 5) is 22.0. The van der Waals surface area contributed by atoms with E-state index in [2.05, 4.69) is 44.2 Å². The van der Waals surface area contributed by atoms with Gasteiger partial charge in [0.15, 0.2) is 0 Å². The van der Waals surface area contributed by atoms with Crippen LogP contribution in [0.2, 0.25) is 0 Å². The number of benzene rings is 3. The summed E-state index contributed by atoms with van der Waals surface area (Å²) in [6.07, 6.45) is -3.30. The molecule has 7 nitrogen and oxygen atoms in total. The van der Waals surface area contributed by atoms with Crippen LogP contribution in [0.1, 0.15) is 27.2 Å². The summed E-state index contributed by atoms with van der Waals surface area (Å²) < 4.78 is 48.0. The number of hydrogen-bond acceptors (Lipinski definition) is 4. The quantitative estimate of drug-likeness (QED) is 0.186. The summed E-state index contributed by atoms with van der Waals surface area (Å²) in [6, 6.07) is 23.8. The number of aliphatic carboxylic acids is 1. The number of quaternary nitrogens is 1. The molecule has 0 fully saturated rings. The number of rotatable bonds is 8. The fourth-order valence-electron chi connectivity index (χ4n) is 4.24. The molecule has 0 aliphatic rings. The highest BCUT2D eigenvalue weighted by Crippen LogP contribution is 2.24. The molecule has 0 unspecified atom stereocenters. The Bertz CT molecular complexity index is 1630. The Labute approximate surface area is 240 Å². The third-order valence-corrected chi connectivity index (χ3v) is 6.40. The number of nitrogens with one attached hydrogen (secondary N) is 1. The number of carbonyl (C=O) groups excluding carboxylic acids is 2. The summed E-state index contributed by atoms with van der Waals surface area (Å²) >= 11 is 0. The molecule has 4 rings (SSSR count). The van der Waals surface area contributed by atoms with Crippen molar-refractivity contribution in [3.05, 3.63) is 114 Å². The first-order valence-electron chi connectivity index (χ1n) is 12.6. The zero-order valence-electron chi connectivity index (χ0n) is 22.9. The van der Waals surface area contributed by atoms with E-state index >= 15 is 0 Å². The molecule has 218 valence electrons. The number of carboxylic acid groups (broad SMARTS) is 1. The van der Waals surface area contributed by atoms with Crippen LogP contribution >= 0.6 is 0 Å². The highest BCUT2D eigenvalue weighted by molar-refractivity contribution is 5.98. The zero-order chi connectivity index (χ0) is 31.1. The Balaban J connectivity index is 0.000000616. The Kier molecular flexibility index (Phi) is 9.88. The average molecular weight is 581 g/mol. The van der Waals surface area contributed by atoms with Crippen LogP contribution in [0.15, 0.2) is 85.5 Å². The number of amides is 1. The van der Waals surface area contributed by atoms with Gasteiger partial charge in [0, 0.05) is 24.0 Å². The van der Waals surface area contributed by atoms with Crippen molar-refractivity contribution >= 4 is 28.5 Å². The first-order chi connectivity index (χ1) is 19.7. The molecule has 0 aliphatic carbocycles. The second-order valence-electron chi connectivity index (χ2n) is 9.92. The Morgan fingerprint density at radius 1 is 1.05 bits per heavy atom. The van der Waals surface area contributed by atoms with Gasteiger partial charge in [0.25, 0.3) is 5.91 Å². The molecule has 0 atom stereocenters. The molecular formula is C31H28F4N4O3. The molecule has 3 aromatic carbocycles. The van der Waals surface area contributed by atoms with Gasteiger partial charge >= 0.3 is 6.18 Å². The monoisotopic (exact) mass is 580 g/mol. The van der Waals surface area contributed by atoms with Crippen molar-refractivity contribution in [3.63, 3.8) is 0 Å². The van der Waals surface area contributed by atoms with Gasteiger partial charge in [-0.1, -0.05) is 30.8 Å². The summed E-state index contributed by atoms with van der Waals surface area (Å²) in [5, 5.41) is 21.7. The fraction of sp³-hybridized carbons (Fsp3) is 0.194. The van der Waals surface area contributed by atoms with Gasteiger partial charge in [0.05, 0.1) is 25.7 Å². The molecule has 42 heavy (non-hydrogen) atoms. The van der Waals surface area contributed by atoms with Crippen LogP contribution in [0.4, 0.5) is 23.2 Å². The van der Waals surface area contributed by atoms with Crippen LogP contribution < -0.4 is 14.9 Å². The van der Waals surface area contributed by atoms with Gasteiger partial charge in [0.1, 0.15) is 29.7 Å². The summed E-state index contributed by atoms with van der Waals surface area (Å²) in [5.74, 6) is -3.61. The lowest BCUT2D eigenvalue weighted by Gasteiger charge is -2.27. The van der Waals surface area contributed by atoms with Crippen molar-refractivity contribution < 1.29 is 32.3 Å². The molecule has 0 aliphatic heterocycles. The summed E-state index contributed by atoms with van der Waals surface area (Å²) in [6.45, 7) is 5.40. The van der Waals surface area contributed by atoms with E-state index in [1.807, 2.05) is 34.9 Å². The minimum Gasteiger partial charge on any atom is -0.542 e. The van der Waals surface area contributed by atoms with E-state index in [0.29, 0.717) is 34.2 Å². The van der Waals surface area contributed by atoms with Gasteiger partial charge in [0.2, 0.25) is 0 Å². The molecule has 0 radical (unpaired) electrons. The van der Waals surface area contributed by atoms with E-state index in [0.717, 1.165) is 28.9 Å². The minimum absolute atomic E-state index is 0.245. The van der Waals surface area contributed by atoms with E-state index in [-0.39, 0.29) is 11.7 Å². The van der Waals surface area contributed by atoms with Crippen molar-refractivity contribution in [1.82, 2.24) is 14.4 Å². The van der Waals surface area contributed by atoms with E-state index < -0.39 is 12.1 Å². The van der Waals surface area contributed by atoms with Crippen molar-refractivity contribution in [1.29, 1.82) is 5.26 Å². The topological polar surface area (TPSA) is 98.0 Å². The zero-order valence-corrected chi connectivity index (χ0v) is 22.9. The first-order valence-corrected chi connectivity index (χ1v) is 12.6. The maximum absolute atomic E-state index is 13.9. The number of aromatic nitrogens is 1. The normalized spacial score (nSPS) is 11.3. The molecule has 0 bridgehead atoms. The van der Waals surface area contributed by atoms with Crippen LogP contribution in [0.3, 0.4) is 0 Å². The molecule has 0 saturated heterocycles. The van der Waals surface area contributed by atoms with Gasteiger partial charge in [-0.3, -0.25) is 9.28 Å². The predicted octanol–water partition coefficient (Wildman–Crippen LogP) is 4.68. The van der Waals surface area contributed by atoms with Crippen LogP contribution in [-0.4, -0.2) is 43.3 Å². The van der Waals surface area contributed by atoms with E-state index in [9.17, 15) is 27.6 Å². The Hall–Kier alpha value is -4.95. The molecule has 1 N–H and O–H groups in total. The van der Waals surface area contributed by atoms with Crippen molar-refractivity contribution in [2.45, 2.75) is 19.3 Å². The van der Waals surface area contributed by atoms with Crippen LogP contribution in [0.25, 0.3) is 10.9 Å². The maximum Gasteiger partial charge on any atom is 0.430 e. The number of halogens is 4.